The van der Waals surface area contributed by atoms with E-state index in [-0.39, 0.29) is 54.9 Å². The molecule has 0 radical (unpaired) electrons. The fraction of sp³-hybridized carbons (Fsp3) is 0.545. The number of imide groups is 1. The van der Waals surface area contributed by atoms with Crippen LogP contribution in [0.4, 0.5) is 6.01 Å². The summed E-state index contributed by atoms with van der Waals surface area (Å²) < 4.78 is 5.19. The van der Waals surface area contributed by atoms with Gasteiger partial charge in [-0.25, -0.2) is 0 Å². The molecule has 100 valence electrons. The van der Waals surface area contributed by atoms with Crippen LogP contribution in [0.15, 0.2) is 4.42 Å². The van der Waals surface area contributed by atoms with Crippen molar-refractivity contribution in [3.8, 4) is 0 Å². The molecule has 0 bridgehead atoms. The molecule has 0 atom stereocenters. The van der Waals surface area contributed by atoms with Crippen LogP contribution in [0.25, 0.3) is 0 Å². The zero-order valence-corrected chi connectivity index (χ0v) is 10.1. The van der Waals surface area contributed by atoms with Crippen LogP contribution in [0, 0.1) is 5.92 Å². The van der Waals surface area contributed by atoms with E-state index in [1.807, 2.05) is 0 Å². The molecule has 1 aliphatic carbocycles. The Morgan fingerprint density at radius 1 is 1.26 bits per heavy atom. The van der Waals surface area contributed by atoms with Gasteiger partial charge in [-0.3, -0.25) is 24.6 Å². The molecule has 0 unspecified atom stereocenters. The summed E-state index contributed by atoms with van der Waals surface area (Å²) in [5.41, 5.74) is 0. The van der Waals surface area contributed by atoms with Gasteiger partial charge in [-0.2, -0.15) is 0 Å². The van der Waals surface area contributed by atoms with Crippen LogP contribution in [0.1, 0.15) is 31.6 Å². The van der Waals surface area contributed by atoms with E-state index in [2.05, 4.69) is 15.5 Å². The zero-order chi connectivity index (χ0) is 13.4. The average molecular weight is 264 g/mol. The number of likely N-dealkylation sites (tertiary alicyclic amines) is 1. The lowest BCUT2D eigenvalue weighted by Crippen LogP contribution is -2.28. The van der Waals surface area contributed by atoms with Crippen LogP contribution in [0.2, 0.25) is 0 Å². The first kappa shape index (κ1) is 11.8. The second kappa shape index (κ2) is 4.45. The average Bonchev–Trinajstić information content (AvgIpc) is 3.08. The smallest absolute Gasteiger partial charge is 0.322 e. The molecule has 0 aromatic carbocycles. The number of aromatic nitrogens is 2. The molecular weight excluding hydrogens is 252 g/mol. The maximum Gasteiger partial charge on any atom is 0.322 e. The molecule has 1 saturated heterocycles. The van der Waals surface area contributed by atoms with Gasteiger partial charge < -0.3 is 4.42 Å². The van der Waals surface area contributed by atoms with Gasteiger partial charge in [-0.15, -0.1) is 5.10 Å². The summed E-state index contributed by atoms with van der Waals surface area (Å²) in [5, 5.41) is 9.87. The zero-order valence-electron chi connectivity index (χ0n) is 10.1. The number of carbonyl (C=O) groups excluding carboxylic acids is 3. The van der Waals surface area contributed by atoms with E-state index >= 15 is 0 Å². The molecule has 2 heterocycles. The maximum atomic E-state index is 11.5. The Hall–Kier alpha value is -2.25. The van der Waals surface area contributed by atoms with E-state index in [9.17, 15) is 14.4 Å². The first-order valence-electron chi connectivity index (χ1n) is 6.10. The number of carbonyl (C=O) groups is 3. The number of rotatable bonds is 4. The van der Waals surface area contributed by atoms with Crippen LogP contribution in [-0.2, 0) is 20.9 Å². The van der Waals surface area contributed by atoms with Crippen molar-refractivity contribution in [3.05, 3.63) is 5.89 Å². The topological polar surface area (TPSA) is 105 Å². The Kier molecular flexibility index (Phi) is 2.77. The van der Waals surface area contributed by atoms with Crippen LogP contribution >= 0.6 is 0 Å². The summed E-state index contributed by atoms with van der Waals surface area (Å²) in [6, 6.07) is 0.00555. The van der Waals surface area contributed by atoms with Crippen molar-refractivity contribution in [1.29, 1.82) is 0 Å². The van der Waals surface area contributed by atoms with Crippen molar-refractivity contribution in [3.63, 3.8) is 0 Å². The van der Waals surface area contributed by atoms with Crippen molar-refractivity contribution in [2.24, 2.45) is 5.92 Å². The summed E-state index contributed by atoms with van der Waals surface area (Å²) in [6.45, 7) is -0.0377. The van der Waals surface area contributed by atoms with Crippen molar-refractivity contribution in [1.82, 2.24) is 15.1 Å². The van der Waals surface area contributed by atoms with Gasteiger partial charge >= 0.3 is 6.01 Å². The van der Waals surface area contributed by atoms with Gasteiger partial charge in [0, 0.05) is 18.8 Å². The standard InChI is InChI=1S/C11H12N4O4/c16-8-3-4-9(17)15(8)5-7-13-14-11(19-7)12-10(18)6-1-2-6/h6H,1-5H2,(H,12,14,18). The quantitative estimate of drug-likeness (QED) is 0.771. The maximum absolute atomic E-state index is 11.5. The van der Waals surface area contributed by atoms with Gasteiger partial charge in [0.2, 0.25) is 23.6 Å². The molecule has 1 aromatic rings. The van der Waals surface area contributed by atoms with Crippen LogP contribution in [-0.4, -0.2) is 32.8 Å². The predicted octanol–water partition coefficient (Wildman–Crippen LogP) is 0.0671. The number of hydrogen-bond acceptors (Lipinski definition) is 6. The van der Waals surface area contributed by atoms with Crippen LogP contribution < -0.4 is 5.32 Å². The fourth-order valence-corrected chi connectivity index (χ4v) is 1.86. The molecule has 2 fully saturated rings. The van der Waals surface area contributed by atoms with E-state index in [0.29, 0.717) is 0 Å². The number of amides is 3. The highest BCUT2D eigenvalue weighted by Gasteiger charge is 2.32. The van der Waals surface area contributed by atoms with E-state index in [1.54, 1.807) is 0 Å². The minimum absolute atomic E-state index is 0.00555. The summed E-state index contributed by atoms with van der Waals surface area (Å²) in [4.78, 5) is 35.4. The van der Waals surface area contributed by atoms with Gasteiger partial charge in [-0.1, -0.05) is 5.10 Å². The van der Waals surface area contributed by atoms with Crippen LogP contribution in [0.5, 0.6) is 0 Å². The molecule has 8 nitrogen and oxygen atoms in total. The first-order valence-corrected chi connectivity index (χ1v) is 6.10. The Labute approximate surface area is 108 Å². The highest BCUT2D eigenvalue weighted by molar-refractivity contribution is 6.01. The minimum atomic E-state index is -0.244. The molecule has 8 heteroatoms. The molecule has 2 aliphatic rings. The molecule has 3 rings (SSSR count). The Bertz CT molecular complexity index is 533. The highest BCUT2D eigenvalue weighted by atomic mass is 16.4. The van der Waals surface area contributed by atoms with Gasteiger partial charge in [0.1, 0.15) is 6.54 Å². The number of anilines is 1. The third-order valence-electron chi connectivity index (χ3n) is 3.09. The SMILES string of the molecule is O=C(Nc1nnc(CN2C(=O)CCC2=O)o1)C1CC1. The number of nitrogens with one attached hydrogen (secondary N) is 1. The minimum Gasteiger partial charge on any atom is -0.406 e. The third-order valence-corrected chi connectivity index (χ3v) is 3.09. The predicted molar refractivity (Wildman–Crippen MR) is 60.4 cm³/mol. The lowest BCUT2D eigenvalue weighted by atomic mass is 10.4. The van der Waals surface area contributed by atoms with E-state index in [4.69, 9.17) is 4.42 Å². The molecule has 19 heavy (non-hydrogen) atoms. The number of hydrogen-bond donors (Lipinski definition) is 1. The molecule has 3 amide bonds. The Morgan fingerprint density at radius 3 is 2.58 bits per heavy atom. The van der Waals surface area contributed by atoms with E-state index in [0.717, 1.165) is 17.7 Å². The van der Waals surface area contributed by atoms with Gasteiger partial charge in [0.15, 0.2) is 0 Å². The van der Waals surface area contributed by atoms with Crippen LogP contribution in [0.3, 0.4) is 0 Å². The summed E-state index contributed by atoms with van der Waals surface area (Å²) in [7, 11) is 0. The molecule has 1 aromatic heterocycles. The Morgan fingerprint density at radius 2 is 1.95 bits per heavy atom. The van der Waals surface area contributed by atoms with Crippen molar-refractivity contribution in [2.45, 2.75) is 32.2 Å². The molecule has 0 spiro atoms. The summed E-state index contributed by atoms with van der Waals surface area (Å²) >= 11 is 0. The van der Waals surface area contributed by atoms with E-state index in [1.165, 1.54) is 0 Å². The fourth-order valence-electron chi connectivity index (χ4n) is 1.86. The molecule has 1 aliphatic heterocycles. The van der Waals surface area contributed by atoms with Gasteiger partial charge in [0.25, 0.3) is 0 Å². The molecule has 1 N–H and O–H groups in total. The van der Waals surface area contributed by atoms with Crippen molar-refractivity contribution in [2.75, 3.05) is 5.32 Å². The summed E-state index contributed by atoms with van der Waals surface area (Å²) in [6.07, 6.45) is 2.20. The lowest BCUT2D eigenvalue weighted by Gasteiger charge is -2.09. The monoisotopic (exact) mass is 264 g/mol. The first-order chi connectivity index (χ1) is 9.13. The molecule has 1 saturated carbocycles. The van der Waals surface area contributed by atoms with Gasteiger partial charge in [0.05, 0.1) is 0 Å². The molecular formula is C11H12N4O4. The second-order valence-electron chi connectivity index (χ2n) is 4.64. The van der Waals surface area contributed by atoms with E-state index < -0.39 is 0 Å². The van der Waals surface area contributed by atoms with Crippen molar-refractivity contribution < 1.29 is 18.8 Å². The largest absolute Gasteiger partial charge is 0.406 e. The second-order valence-corrected chi connectivity index (χ2v) is 4.64. The summed E-state index contributed by atoms with van der Waals surface area (Å²) in [5.74, 6) is -0.450. The van der Waals surface area contributed by atoms with Crippen molar-refractivity contribution >= 4 is 23.7 Å². The lowest BCUT2D eigenvalue weighted by molar-refractivity contribution is -0.139. The third kappa shape index (κ3) is 2.47. The Balaban J connectivity index is 1.62. The normalized spacial score (nSPS) is 19.1. The van der Waals surface area contributed by atoms with Gasteiger partial charge in [-0.05, 0) is 12.8 Å². The number of nitrogens with zero attached hydrogens (tertiary/aromatic N) is 3. The highest BCUT2D eigenvalue weighted by Crippen LogP contribution is 2.30.